The fraction of sp³-hybridized carbons (Fsp3) is 0.0588. The highest BCUT2D eigenvalue weighted by atomic mass is 16.4. The van der Waals surface area contributed by atoms with Crippen LogP contribution in [0.1, 0.15) is 43.0 Å². The maximum Gasteiger partial charge on any atom is 0.337 e. The molecule has 0 aliphatic rings. The first-order chi connectivity index (χ1) is 22.9. The minimum absolute atomic E-state index is 0.0509. The number of hydrogen-bond acceptors (Lipinski definition) is 9. The van der Waals surface area contributed by atoms with E-state index in [0.29, 0.717) is 29.3 Å². The van der Waals surface area contributed by atoms with Crippen LogP contribution in [-0.4, -0.2) is 46.5 Å². The van der Waals surface area contributed by atoms with Gasteiger partial charge < -0.3 is 16.2 Å². The molecule has 13 nitrogen and oxygen atoms in total. The monoisotopic (exact) mass is 624 g/mol. The Balaban J connectivity index is 0.000000176. The van der Waals surface area contributed by atoms with Gasteiger partial charge in [0.1, 0.15) is 11.9 Å². The number of amides is 1. The minimum atomic E-state index is -1.07. The van der Waals surface area contributed by atoms with Crippen molar-refractivity contribution in [3.8, 4) is 12.1 Å². The summed E-state index contributed by atoms with van der Waals surface area (Å²) in [6.07, 6.45) is 10.6. The zero-order valence-corrected chi connectivity index (χ0v) is 24.9. The van der Waals surface area contributed by atoms with Crippen LogP contribution in [0.3, 0.4) is 0 Å². The highest BCUT2D eigenvalue weighted by Gasteiger charge is 2.12. The first kappa shape index (κ1) is 32.8. The summed E-state index contributed by atoms with van der Waals surface area (Å²) in [5.41, 5.74) is 8.63. The quantitative estimate of drug-likeness (QED) is 0.225. The second kappa shape index (κ2) is 16.7. The van der Waals surface area contributed by atoms with E-state index in [0.717, 1.165) is 17.7 Å². The predicted molar refractivity (Wildman–Crippen MR) is 173 cm³/mol. The number of anilines is 2. The number of carbonyl (C=O) groups is 2. The Hall–Kier alpha value is -7.12. The van der Waals surface area contributed by atoms with Crippen LogP contribution in [0.4, 0.5) is 11.6 Å². The molecule has 0 fully saturated rings. The zero-order chi connectivity index (χ0) is 33.4. The topological polar surface area (TPSA) is 201 Å². The van der Waals surface area contributed by atoms with Gasteiger partial charge in [-0.1, -0.05) is 24.3 Å². The summed E-state index contributed by atoms with van der Waals surface area (Å²) in [6.45, 7) is 1.33. The summed E-state index contributed by atoms with van der Waals surface area (Å²) in [7, 11) is 0. The van der Waals surface area contributed by atoms with Gasteiger partial charge in [0.25, 0.3) is 5.91 Å². The number of benzene rings is 2. The lowest BCUT2D eigenvalue weighted by Gasteiger charge is -2.04. The number of pyridine rings is 2. The Morgan fingerprint density at radius 2 is 1.19 bits per heavy atom. The van der Waals surface area contributed by atoms with Crippen LogP contribution in [0.5, 0.6) is 0 Å². The molecule has 0 radical (unpaired) electrons. The molecule has 0 atom stereocenters. The molecule has 0 aliphatic carbocycles. The molecule has 13 heteroatoms. The van der Waals surface area contributed by atoms with Gasteiger partial charge in [0, 0.05) is 43.2 Å². The van der Waals surface area contributed by atoms with Gasteiger partial charge in [0.05, 0.1) is 41.4 Å². The molecule has 47 heavy (non-hydrogen) atoms. The maximum atomic E-state index is 12.2. The zero-order valence-electron chi connectivity index (χ0n) is 24.9. The number of nitrogen functional groups attached to an aromatic ring is 1. The summed E-state index contributed by atoms with van der Waals surface area (Å²) < 4.78 is 3.52. The molecule has 4 heterocycles. The molecule has 0 saturated heterocycles. The van der Waals surface area contributed by atoms with Crippen molar-refractivity contribution < 1.29 is 14.7 Å². The number of aromatic carboxylic acids is 1. The number of aromatic nitrogens is 6. The van der Waals surface area contributed by atoms with E-state index in [1.54, 1.807) is 94.9 Å². The number of nitrogens with two attached hydrogens (primary N) is 1. The van der Waals surface area contributed by atoms with Crippen LogP contribution in [-0.2, 0) is 13.1 Å². The van der Waals surface area contributed by atoms with Gasteiger partial charge in [-0.05, 0) is 65.7 Å². The Labute approximate surface area is 269 Å². The molecule has 4 N–H and O–H groups in total. The highest BCUT2D eigenvalue weighted by Crippen LogP contribution is 2.12. The van der Waals surface area contributed by atoms with Crippen molar-refractivity contribution in [1.82, 2.24) is 29.5 Å². The smallest absolute Gasteiger partial charge is 0.337 e. The third kappa shape index (κ3) is 9.96. The molecular weight excluding hydrogens is 596 g/mol. The molecule has 0 saturated carbocycles. The SMILES string of the molecule is N#Cc1ccccc1C(=O)Nc1ccn(Cc2ccncc2)n1.N#Cc1ccccc1C(=O)O.Nc1ccn(Cc2ccncc2)n1. The van der Waals surface area contributed by atoms with Crippen LogP contribution >= 0.6 is 0 Å². The number of nitrogens with one attached hydrogen (secondary N) is 1. The summed E-state index contributed by atoms with van der Waals surface area (Å²) >= 11 is 0. The molecule has 6 rings (SSSR count). The average molecular weight is 625 g/mol. The number of carboxylic acid groups (broad SMARTS) is 1. The lowest BCUT2D eigenvalue weighted by atomic mass is 10.1. The molecule has 1 amide bonds. The van der Waals surface area contributed by atoms with Gasteiger partial charge >= 0.3 is 5.97 Å². The Bertz CT molecular complexity index is 2010. The Morgan fingerprint density at radius 1 is 0.702 bits per heavy atom. The van der Waals surface area contributed by atoms with E-state index in [9.17, 15) is 9.59 Å². The average Bonchev–Trinajstić information content (AvgIpc) is 3.73. The molecule has 2 aromatic carbocycles. The molecule has 0 aliphatic heterocycles. The summed E-state index contributed by atoms with van der Waals surface area (Å²) in [6, 6.07) is 27.8. The van der Waals surface area contributed by atoms with E-state index < -0.39 is 5.97 Å². The standard InChI is InChI=1S/C17H13N5O.C9H10N4.C8H5NO2/c18-11-14-3-1-2-4-15(14)17(23)20-16-7-10-22(21-16)12-13-5-8-19-9-6-13;10-9-3-6-13(12-9)7-8-1-4-11-5-2-8;9-5-6-3-1-2-4-7(6)8(10)11/h1-10H,12H2,(H,20,21,23);1-6H,7H2,(H2,10,12);1-4H,(H,10,11). The van der Waals surface area contributed by atoms with Crippen molar-refractivity contribution in [2.24, 2.45) is 0 Å². The van der Waals surface area contributed by atoms with Crippen LogP contribution in [0.15, 0.2) is 122 Å². The van der Waals surface area contributed by atoms with E-state index in [4.69, 9.17) is 21.4 Å². The summed E-state index contributed by atoms with van der Waals surface area (Å²) in [5, 5.41) is 37.1. The molecule has 4 aromatic heterocycles. The normalized spacial score (nSPS) is 9.74. The molecule has 0 bridgehead atoms. The fourth-order valence-corrected chi connectivity index (χ4v) is 4.06. The third-order valence-corrected chi connectivity index (χ3v) is 6.30. The minimum Gasteiger partial charge on any atom is -0.478 e. The van der Waals surface area contributed by atoms with Crippen LogP contribution in [0, 0.1) is 22.7 Å². The number of rotatable bonds is 7. The second-order valence-corrected chi connectivity index (χ2v) is 9.62. The van der Waals surface area contributed by atoms with Gasteiger partial charge in [-0.2, -0.15) is 20.7 Å². The van der Waals surface area contributed by atoms with E-state index in [1.807, 2.05) is 36.5 Å². The Morgan fingerprint density at radius 3 is 1.68 bits per heavy atom. The largest absolute Gasteiger partial charge is 0.478 e. The maximum absolute atomic E-state index is 12.2. The fourth-order valence-electron chi connectivity index (χ4n) is 4.06. The highest BCUT2D eigenvalue weighted by molar-refractivity contribution is 6.05. The van der Waals surface area contributed by atoms with Crippen molar-refractivity contribution in [3.63, 3.8) is 0 Å². The molecule has 232 valence electrons. The molecule has 0 spiro atoms. The Kier molecular flexibility index (Phi) is 11.6. The molecular formula is C34H28N10O3. The van der Waals surface area contributed by atoms with E-state index in [1.165, 1.54) is 12.1 Å². The lowest BCUT2D eigenvalue weighted by molar-refractivity contribution is 0.0696. The third-order valence-electron chi connectivity index (χ3n) is 6.30. The first-order valence-electron chi connectivity index (χ1n) is 14.0. The van der Waals surface area contributed by atoms with Gasteiger partial charge in [-0.3, -0.25) is 24.1 Å². The number of carbonyl (C=O) groups excluding carboxylic acids is 1. The van der Waals surface area contributed by atoms with E-state index >= 15 is 0 Å². The predicted octanol–water partition coefficient (Wildman–Crippen LogP) is 4.62. The first-order valence-corrected chi connectivity index (χ1v) is 14.0. The van der Waals surface area contributed by atoms with Crippen molar-refractivity contribution in [2.75, 3.05) is 11.1 Å². The number of hydrogen-bond donors (Lipinski definition) is 3. The van der Waals surface area contributed by atoms with Crippen LogP contribution in [0.25, 0.3) is 0 Å². The second-order valence-electron chi connectivity index (χ2n) is 9.62. The van der Waals surface area contributed by atoms with E-state index in [-0.39, 0.29) is 17.0 Å². The van der Waals surface area contributed by atoms with Crippen molar-refractivity contribution >= 4 is 23.5 Å². The molecule has 6 aromatic rings. The van der Waals surface area contributed by atoms with Crippen molar-refractivity contribution in [2.45, 2.75) is 13.1 Å². The van der Waals surface area contributed by atoms with Gasteiger partial charge in [-0.15, -0.1) is 0 Å². The van der Waals surface area contributed by atoms with Crippen molar-refractivity contribution in [3.05, 3.63) is 155 Å². The van der Waals surface area contributed by atoms with E-state index in [2.05, 4.69) is 25.5 Å². The summed E-state index contributed by atoms with van der Waals surface area (Å²) in [5.74, 6) is -0.427. The molecule has 0 unspecified atom stereocenters. The summed E-state index contributed by atoms with van der Waals surface area (Å²) in [4.78, 5) is 30.6. The number of carboxylic acids is 1. The number of nitrogens with zero attached hydrogens (tertiary/aromatic N) is 8. The van der Waals surface area contributed by atoms with Crippen LogP contribution < -0.4 is 11.1 Å². The number of nitriles is 2. The van der Waals surface area contributed by atoms with Crippen molar-refractivity contribution in [1.29, 1.82) is 10.5 Å². The van der Waals surface area contributed by atoms with Gasteiger partial charge in [0.15, 0.2) is 5.82 Å². The van der Waals surface area contributed by atoms with Gasteiger partial charge in [-0.25, -0.2) is 4.79 Å². The van der Waals surface area contributed by atoms with Crippen LogP contribution in [0.2, 0.25) is 0 Å². The lowest BCUT2D eigenvalue weighted by Crippen LogP contribution is -2.14. The van der Waals surface area contributed by atoms with Gasteiger partial charge in [0.2, 0.25) is 0 Å².